The molecule has 0 spiro atoms. The molecule has 1 atom stereocenters. The fourth-order valence-electron chi connectivity index (χ4n) is 3.12. The maximum Gasteiger partial charge on any atom is 0.573 e. The van der Waals surface area contributed by atoms with Crippen LogP contribution in [-0.2, 0) is 21.4 Å². The van der Waals surface area contributed by atoms with Gasteiger partial charge in [0.15, 0.2) is 0 Å². The Morgan fingerprint density at radius 2 is 1.69 bits per heavy atom. The van der Waals surface area contributed by atoms with Crippen LogP contribution in [0.2, 0.25) is 0 Å². The standard InChI is InChI=1S/C20H18BrF3N2O3/c21-14-5-1-12(2-6-14)11-16(17(25)27)26-18(28)19(9-10-19)13-3-7-15(8-4-13)29-20(22,23)24/h1-8,16H,9-11H2,(H2,25,27)(H,26,28)/t16-/m0/s1. The summed E-state index contributed by atoms with van der Waals surface area (Å²) < 4.78 is 41.7. The number of amides is 2. The summed E-state index contributed by atoms with van der Waals surface area (Å²) in [4.78, 5) is 24.7. The van der Waals surface area contributed by atoms with Crippen molar-refractivity contribution < 1.29 is 27.5 Å². The normalized spacial score (nSPS) is 16.0. The summed E-state index contributed by atoms with van der Waals surface area (Å²) in [5.74, 6) is -1.39. The van der Waals surface area contributed by atoms with Crippen LogP contribution in [0.4, 0.5) is 13.2 Å². The molecular formula is C20H18BrF3N2O3. The van der Waals surface area contributed by atoms with Crippen LogP contribution in [0.1, 0.15) is 24.0 Å². The summed E-state index contributed by atoms with van der Waals surface area (Å²) in [6.45, 7) is 0. The van der Waals surface area contributed by atoms with Crippen molar-refractivity contribution in [3.8, 4) is 5.75 Å². The van der Waals surface area contributed by atoms with Crippen molar-refractivity contribution in [1.82, 2.24) is 5.32 Å². The summed E-state index contributed by atoms with van der Waals surface area (Å²) in [7, 11) is 0. The van der Waals surface area contributed by atoms with Crippen molar-refractivity contribution in [3.05, 3.63) is 64.1 Å². The SMILES string of the molecule is NC(=O)[C@H](Cc1ccc(Br)cc1)NC(=O)C1(c2ccc(OC(F)(F)F)cc2)CC1. The molecule has 0 saturated heterocycles. The van der Waals surface area contributed by atoms with E-state index in [-0.39, 0.29) is 18.1 Å². The van der Waals surface area contributed by atoms with E-state index in [0.29, 0.717) is 18.4 Å². The highest BCUT2D eigenvalue weighted by Gasteiger charge is 2.51. The first-order chi connectivity index (χ1) is 13.6. The molecule has 2 amide bonds. The van der Waals surface area contributed by atoms with Gasteiger partial charge in [-0.1, -0.05) is 40.2 Å². The van der Waals surface area contributed by atoms with E-state index < -0.39 is 23.7 Å². The Bertz CT molecular complexity index is 895. The third-order valence-corrected chi connectivity index (χ3v) is 5.36. The lowest BCUT2D eigenvalue weighted by Crippen LogP contribution is -2.49. The van der Waals surface area contributed by atoms with E-state index in [4.69, 9.17) is 5.73 Å². The van der Waals surface area contributed by atoms with Crippen LogP contribution in [0.3, 0.4) is 0 Å². The summed E-state index contributed by atoms with van der Waals surface area (Å²) in [6, 6.07) is 11.6. The number of rotatable bonds is 7. The van der Waals surface area contributed by atoms with Crippen LogP contribution < -0.4 is 15.8 Å². The maximum absolute atomic E-state index is 12.9. The molecule has 0 heterocycles. The van der Waals surface area contributed by atoms with Crippen molar-refractivity contribution in [1.29, 1.82) is 0 Å². The van der Waals surface area contributed by atoms with Gasteiger partial charge in [-0.15, -0.1) is 13.2 Å². The fourth-order valence-corrected chi connectivity index (χ4v) is 3.39. The summed E-state index contributed by atoms with van der Waals surface area (Å²) in [6.07, 6.45) is -3.48. The van der Waals surface area contributed by atoms with Gasteiger partial charge < -0.3 is 15.8 Å². The number of alkyl halides is 3. The molecule has 2 aromatic carbocycles. The van der Waals surface area contributed by atoms with E-state index in [9.17, 15) is 22.8 Å². The number of carbonyl (C=O) groups excluding carboxylic acids is 2. The molecular weight excluding hydrogens is 453 g/mol. The van der Waals surface area contributed by atoms with E-state index in [0.717, 1.165) is 10.0 Å². The number of nitrogens with two attached hydrogens (primary N) is 1. The van der Waals surface area contributed by atoms with Gasteiger partial charge >= 0.3 is 6.36 Å². The third kappa shape index (κ3) is 5.29. The van der Waals surface area contributed by atoms with Gasteiger partial charge in [-0.2, -0.15) is 0 Å². The molecule has 0 bridgehead atoms. The Labute approximate surface area is 173 Å². The molecule has 154 valence electrons. The minimum absolute atomic E-state index is 0.239. The van der Waals surface area contributed by atoms with Crippen LogP contribution in [0.15, 0.2) is 53.0 Å². The van der Waals surface area contributed by atoms with E-state index in [2.05, 4.69) is 26.0 Å². The van der Waals surface area contributed by atoms with Gasteiger partial charge in [0, 0.05) is 10.9 Å². The molecule has 1 saturated carbocycles. The van der Waals surface area contributed by atoms with Crippen LogP contribution in [-0.4, -0.2) is 24.2 Å². The molecule has 1 aliphatic carbocycles. The number of halogens is 4. The van der Waals surface area contributed by atoms with Crippen molar-refractivity contribution in [2.45, 2.75) is 37.1 Å². The molecule has 3 N–H and O–H groups in total. The first-order valence-electron chi connectivity index (χ1n) is 8.80. The Balaban J connectivity index is 1.71. The van der Waals surface area contributed by atoms with Crippen molar-refractivity contribution >= 4 is 27.7 Å². The van der Waals surface area contributed by atoms with Gasteiger partial charge in [0.1, 0.15) is 11.8 Å². The number of hydrogen-bond donors (Lipinski definition) is 2. The molecule has 0 aliphatic heterocycles. The molecule has 3 rings (SSSR count). The Morgan fingerprint density at radius 3 is 2.17 bits per heavy atom. The van der Waals surface area contributed by atoms with Gasteiger partial charge in [-0.3, -0.25) is 9.59 Å². The average molecular weight is 471 g/mol. The average Bonchev–Trinajstić information content (AvgIpc) is 3.44. The highest BCUT2D eigenvalue weighted by Crippen LogP contribution is 2.49. The lowest BCUT2D eigenvalue weighted by atomic mass is 9.94. The number of benzene rings is 2. The summed E-state index contributed by atoms with van der Waals surface area (Å²) in [5, 5.41) is 2.70. The molecule has 5 nitrogen and oxygen atoms in total. The molecule has 1 fully saturated rings. The fraction of sp³-hybridized carbons (Fsp3) is 0.300. The third-order valence-electron chi connectivity index (χ3n) is 4.83. The zero-order valence-electron chi connectivity index (χ0n) is 15.1. The lowest BCUT2D eigenvalue weighted by Gasteiger charge is -2.21. The van der Waals surface area contributed by atoms with E-state index in [1.54, 1.807) is 0 Å². The van der Waals surface area contributed by atoms with E-state index in [1.165, 1.54) is 24.3 Å². The van der Waals surface area contributed by atoms with Gasteiger partial charge in [0.25, 0.3) is 0 Å². The summed E-state index contributed by atoms with van der Waals surface area (Å²) >= 11 is 3.33. The highest BCUT2D eigenvalue weighted by molar-refractivity contribution is 9.10. The molecule has 29 heavy (non-hydrogen) atoms. The Kier molecular flexibility index (Phi) is 5.88. The Hall–Kier alpha value is -2.55. The second kappa shape index (κ2) is 8.06. The number of primary amides is 1. The van der Waals surface area contributed by atoms with E-state index >= 15 is 0 Å². The zero-order chi connectivity index (χ0) is 21.2. The van der Waals surface area contributed by atoms with Gasteiger partial charge in [-0.25, -0.2) is 0 Å². The highest BCUT2D eigenvalue weighted by atomic mass is 79.9. The minimum atomic E-state index is -4.78. The quantitative estimate of drug-likeness (QED) is 0.648. The Morgan fingerprint density at radius 1 is 1.10 bits per heavy atom. The molecule has 0 unspecified atom stereocenters. The predicted molar refractivity (Wildman–Crippen MR) is 103 cm³/mol. The number of nitrogens with one attached hydrogen (secondary N) is 1. The number of hydrogen-bond acceptors (Lipinski definition) is 3. The molecule has 2 aromatic rings. The van der Waals surface area contributed by atoms with Crippen molar-refractivity contribution in [2.24, 2.45) is 5.73 Å². The first kappa shape index (κ1) is 21.2. The lowest BCUT2D eigenvalue weighted by molar-refractivity contribution is -0.274. The molecule has 9 heteroatoms. The van der Waals surface area contributed by atoms with Crippen LogP contribution in [0.25, 0.3) is 0 Å². The molecule has 1 aliphatic rings. The minimum Gasteiger partial charge on any atom is -0.406 e. The number of ether oxygens (including phenoxy) is 1. The second-order valence-corrected chi connectivity index (χ2v) is 7.83. The van der Waals surface area contributed by atoms with E-state index in [1.807, 2.05) is 24.3 Å². The second-order valence-electron chi connectivity index (χ2n) is 6.91. The van der Waals surface area contributed by atoms with Gasteiger partial charge in [0.2, 0.25) is 11.8 Å². The predicted octanol–water partition coefficient (Wildman–Crippen LogP) is 3.59. The van der Waals surface area contributed by atoms with Crippen molar-refractivity contribution in [2.75, 3.05) is 0 Å². The summed E-state index contributed by atoms with van der Waals surface area (Å²) in [5.41, 5.74) is 5.98. The van der Waals surface area contributed by atoms with Gasteiger partial charge in [-0.05, 0) is 48.2 Å². The zero-order valence-corrected chi connectivity index (χ0v) is 16.7. The molecule has 0 aromatic heterocycles. The number of carbonyl (C=O) groups is 2. The van der Waals surface area contributed by atoms with Crippen LogP contribution >= 0.6 is 15.9 Å². The van der Waals surface area contributed by atoms with Gasteiger partial charge in [0.05, 0.1) is 5.41 Å². The largest absolute Gasteiger partial charge is 0.573 e. The first-order valence-corrected chi connectivity index (χ1v) is 9.59. The molecule has 0 radical (unpaired) electrons. The van der Waals surface area contributed by atoms with Crippen molar-refractivity contribution in [3.63, 3.8) is 0 Å². The smallest absolute Gasteiger partial charge is 0.406 e. The maximum atomic E-state index is 12.9. The van der Waals surface area contributed by atoms with Crippen LogP contribution in [0, 0.1) is 0 Å². The van der Waals surface area contributed by atoms with Crippen LogP contribution in [0.5, 0.6) is 5.75 Å². The topological polar surface area (TPSA) is 81.4 Å². The monoisotopic (exact) mass is 470 g/mol.